The molecule has 0 unspecified atom stereocenters. The summed E-state index contributed by atoms with van der Waals surface area (Å²) in [4.78, 5) is 4.07. The van der Waals surface area contributed by atoms with Crippen LogP contribution in [0, 0.1) is 3.57 Å². The Bertz CT molecular complexity index is 440. The molecule has 0 aliphatic rings. The number of halogens is 3. The standard InChI is InChI=1S/C6H2Cl2IN3/c7-4-1-5(8)12-6(11-4)3(9)2-10-12/h1-2H. The fourth-order valence-electron chi connectivity index (χ4n) is 0.872. The summed E-state index contributed by atoms with van der Waals surface area (Å²) in [5, 5.41) is 4.86. The van der Waals surface area contributed by atoms with Crippen molar-refractivity contribution in [2.45, 2.75) is 0 Å². The largest absolute Gasteiger partial charge is 0.216 e. The summed E-state index contributed by atoms with van der Waals surface area (Å²) in [5.74, 6) is 0. The summed E-state index contributed by atoms with van der Waals surface area (Å²) >= 11 is 13.7. The second-order valence-electron chi connectivity index (χ2n) is 2.13. The molecule has 0 atom stereocenters. The van der Waals surface area contributed by atoms with E-state index >= 15 is 0 Å². The summed E-state index contributed by atoms with van der Waals surface area (Å²) in [5.41, 5.74) is 0.688. The molecule has 0 amide bonds. The Hall–Kier alpha value is -0.0700. The highest BCUT2D eigenvalue weighted by molar-refractivity contribution is 14.1. The van der Waals surface area contributed by atoms with Crippen molar-refractivity contribution in [3.8, 4) is 0 Å². The first kappa shape index (κ1) is 8.52. The fourth-order valence-corrected chi connectivity index (χ4v) is 1.81. The van der Waals surface area contributed by atoms with Crippen LogP contribution in [-0.4, -0.2) is 14.6 Å². The molecule has 0 spiro atoms. The quantitative estimate of drug-likeness (QED) is 0.553. The Morgan fingerprint density at radius 3 is 2.92 bits per heavy atom. The lowest BCUT2D eigenvalue weighted by Gasteiger charge is -1.96. The van der Waals surface area contributed by atoms with Gasteiger partial charge in [-0.25, -0.2) is 9.50 Å². The van der Waals surface area contributed by atoms with Crippen LogP contribution in [0.15, 0.2) is 12.3 Å². The summed E-state index contributed by atoms with van der Waals surface area (Å²) < 4.78 is 2.46. The van der Waals surface area contributed by atoms with E-state index in [2.05, 4.69) is 32.7 Å². The zero-order chi connectivity index (χ0) is 8.72. The monoisotopic (exact) mass is 313 g/mol. The minimum absolute atomic E-state index is 0.380. The van der Waals surface area contributed by atoms with Crippen LogP contribution in [-0.2, 0) is 0 Å². The molecule has 0 saturated carbocycles. The van der Waals surface area contributed by atoms with Crippen LogP contribution >= 0.6 is 45.8 Å². The summed E-state index contributed by atoms with van der Waals surface area (Å²) in [6.45, 7) is 0. The van der Waals surface area contributed by atoms with Gasteiger partial charge in [0.1, 0.15) is 10.3 Å². The minimum Gasteiger partial charge on any atom is -0.216 e. The Kier molecular flexibility index (Phi) is 2.14. The van der Waals surface area contributed by atoms with Gasteiger partial charge in [0.25, 0.3) is 0 Å². The van der Waals surface area contributed by atoms with Gasteiger partial charge in [0.2, 0.25) is 0 Å². The maximum Gasteiger partial charge on any atom is 0.171 e. The average molecular weight is 314 g/mol. The van der Waals surface area contributed by atoms with Gasteiger partial charge in [0.15, 0.2) is 5.65 Å². The molecule has 0 radical (unpaired) electrons. The molecule has 0 aromatic carbocycles. The van der Waals surface area contributed by atoms with E-state index < -0.39 is 0 Å². The lowest BCUT2D eigenvalue weighted by Crippen LogP contribution is -1.92. The Morgan fingerprint density at radius 2 is 2.17 bits per heavy atom. The van der Waals surface area contributed by atoms with Crippen molar-refractivity contribution in [2.75, 3.05) is 0 Å². The van der Waals surface area contributed by atoms with Gasteiger partial charge >= 0.3 is 0 Å². The van der Waals surface area contributed by atoms with Crippen molar-refractivity contribution in [3.63, 3.8) is 0 Å². The van der Waals surface area contributed by atoms with Crippen molar-refractivity contribution in [3.05, 3.63) is 26.1 Å². The van der Waals surface area contributed by atoms with Crippen LogP contribution in [0.25, 0.3) is 5.65 Å². The Balaban J connectivity index is 2.92. The molecule has 0 N–H and O–H groups in total. The number of hydrogen-bond acceptors (Lipinski definition) is 2. The van der Waals surface area contributed by atoms with E-state index in [1.165, 1.54) is 4.52 Å². The lowest BCUT2D eigenvalue weighted by molar-refractivity contribution is 0.940. The number of nitrogens with zero attached hydrogens (tertiary/aromatic N) is 3. The Morgan fingerprint density at radius 1 is 1.42 bits per heavy atom. The average Bonchev–Trinajstić information content (AvgIpc) is 2.33. The van der Waals surface area contributed by atoms with Crippen LogP contribution in [0.1, 0.15) is 0 Å². The van der Waals surface area contributed by atoms with Crippen molar-refractivity contribution >= 4 is 51.4 Å². The molecular formula is C6H2Cl2IN3. The summed E-state index contributed by atoms with van der Waals surface area (Å²) in [6.07, 6.45) is 1.69. The van der Waals surface area contributed by atoms with Crippen LogP contribution in [0.4, 0.5) is 0 Å². The highest BCUT2D eigenvalue weighted by atomic mass is 127. The molecule has 0 fully saturated rings. The first-order valence-corrected chi connectivity index (χ1v) is 4.87. The topological polar surface area (TPSA) is 30.2 Å². The zero-order valence-corrected chi connectivity index (χ0v) is 9.30. The van der Waals surface area contributed by atoms with Crippen molar-refractivity contribution in [1.82, 2.24) is 14.6 Å². The molecule has 0 aliphatic heterocycles. The molecule has 2 rings (SSSR count). The van der Waals surface area contributed by atoms with Gasteiger partial charge in [-0.15, -0.1) is 0 Å². The van der Waals surface area contributed by atoms with E-state index in [-0.39, 0.29) is 0 Å². The normalized spacial score (nSPS) is 10.9. The SMILES string of the molecule is Clc1cc(Cl)n2ncc(I)c2n1. The van der Waals surface area contributed by atoms with E-state index in [1.54, 1.807) is 12.3 Å². The van der Waals surface area contributed by atoms with E-state index in [9.17, 15) is 0 Å². The lowest BCUT2D eigenvalue weighted by atomic mass is 10.6. The zero-order valence-electron chi connectivity index (χ0n) is 5.63. The summed E-state index contributed by atoms with van der Waals surface area (Å²) in [6, 6.07) is 1.55. The van der Waals surface area contributed by atoms with Gasteiger partial charge in [0.05, 0.1) is 9.77 Å². The molecule has 62 valence electrons. The number of hydrogen-bond donors (Lipinski definition) is 0. The summed E-state index contributed by atoms with van der Waals surface area (Å²) in [7, 11) is 0. The highest BCUT2D eigenvalue weighted by Gasteiger charge is 2.06. The van der Waals surface area contributed by atoms with Gasteiger partial charge in [0, 0.05) is 6.07 Å². The highest BCUT2D eigenvalue weighted by Crippen LogP contribution is 2.19. The van der Waals surface area contributed by atoms with Crippen molar-refractivity contribution in [1.29, 1.82) is 0 Å². The van der Waals surface area contributed by atoms with Crippen LogP contribution in [0.2, 0.25) is 10.3 Å². The van der Waals surface area contributed by atoms with Crippen LogP contribution in [0.5, 0.6) is 0 Å². The molecule has 3 nitrogen and oxygen atoms in total. The van der Waals surface area contributed by atoms with Gasteiger partial charge in [-0.2, -0.15) is 5.10 Å². The first-order chi connectivity index (χ1) is 5.68. The fraction of sp³-hybridized carbons (Fsp3) is 0. The molecule has 2 aromatic rings. The predicted octanol–water partition coefficient (Wildman–Crippen LogP) is 2.64. The second-order valence-corrected chi connectivity index (χ2v) is 4.07. The number of fused-ring (bicyclic) bond motifs is 1. The van der Waals surface area contributed by atoms with Gasteiger partial charge in [-0.1, -0.05) is 23.2 Å². The molecule has 2 heterocycles. The molecule has 12 heavy (non-hydrogen) atoms. The third-order valence-electron chi connectivity index (χ3n) is 1.35. The van der Waals surface area contributed by atoms with Crippen molar-refractivity contribution < 1.29 is 0 Å². The van der Waals surface area contributed by atoms with Crippen LogP contribution in [0.3, 0.4) is 0 Å². The smallest absolute Gasteiger partial charge is 0.171 e. The molecule has 2 aromatic heterocycles. The minimum atomic E-state index is 0.380. The van der Waals surface area contributed by atoms with E-state index in [4.69, 9.17) is 23.2 Å². The second kappa shape index (κ2) is 3.01. The maximum absolute atomic E-state index is 5.85. The molecule has 0 bridgehead atoms. The number of aromatic nitrogens is 3. The molecule has 0 saturated heterocycles. The van der Waals surface area contributed by atoms with E-state index in [1.807, 2.05) is 0 Å². The molecular weight excluding hydrogens is 312 g/mol. The van der Waals surface area contributed by atoms with E-state index in [0.717, 1.165) is 3.57 Å². The van der Waals surface area contributed by atoms with Crippen LogP contribution < -0.4 is 0 Å². The van der Waals surface area contributed by atoms with Gasteiger partial charge in [-0.3, -0.25) is 0 Å². The third kappa shape index (κ3) is 1.27. The van der Waals surface area contributed by atoms with Gasteiger partial charge < -0.3 is 0 Å². The van der Waals surface area contributed by atoms with Crippen molar-refractivity contribution in [2.24, 2.45) is 0 Å². The predicted molar refractivity (Wildman–Crippen MR) is 55.7 cm³/mol. The number of rotatable bonds is 0. The Labute approximate surface area is 91.8 Å². The maximum atomic E-state index is 5.85. The first-order valence-electron chi connectivity index (χ1n) is 3.04. The van der Waals surface area contributed by atoms with E-state index in [0.29, 0.717) is 16.0 Å². The molecule has 6 heteroatoms. The van der Waals surface area contributed by atoms with Gasteiger partial charge in [-0.05, 0) is 22.6 Å². The third-order valence-corrected chi connectivity index (χ3v) is 2.58. The molecule has 0 aliphatic carbocycles.